The molecule has 1 aliphatic carbocycles. The molecule has 5 nitrogen and oxygen atoms in total. The monoisotopic (exact) mass is 513 g/mol. The van der Waals surface area contributed by atoms with Crippen LogP contribution in [-0.2, 0) is 26.2 Å². The molecule has 0 bridgehead atoms. The van der Waals surface area contributed by atoms with Gasteiger partial charge in [-0.2, -0.15) is 0 Å². The van der Waals surface area contributed by atoms with E-state index in [1.807, 2.05) is 43.9 Å². The van der Waals surface area contributed by atoms with Gasteiger partial charge >= 0.3 is 5.97 Å². The minimum absolute atomic E-state index is 0.0103. The third kappa shape index (κ3) is 4.81. The molecule has 0 radical (unpaired) electrons. The molecule has 1 heterocycles. The van der Waals surface area contributed by atoms with Crippen LogP contribution >= 0.6 is 15.9 Å². The van der Waals surface area contributed by atoms with Gasteiger partial charge in [-0.3, -0.25) is 9.59 Å². The number of hydrogen-bond donors (Lipinski definition) is 0. The van der Waals surface area contributed by atoms with Gasteiger partial charge in [-0.05, 0) is 68.0 Å². The molecule has 1 saturated heterocycles. The van der Waals surface area contributed by atoms with Crippen LogP contribution in [0.15, 0.2) is 40.9 Å². The van der Waals surface area contributed by atoms with Gasteiger partial charge in [0, 0.05) is 35.0 Å². The van der Waals surface area contributed by atoms with Gasteiger partial charge in [-0.15, -0.1) is 0 Å². The summed E-state index contributed by atoms with van der Waals surface area (Å²) in [4.78, 5) is 26.5. The predicted octanol–water partition coefficient (Wildman–Crippen LogP) is 5.66. The van der Waals surface area contributed by atoms with Crippen molar-refractivity contribution in [3.63, 3.8) is 0 Å². The molecule has 1 fully saturated rings. The first kappa shape index (κ1) is 23.8. The zero-order chi connectivity index (χ0) is 23.6. The molecule has 1 amide bonds. The van der Waals surface area contributed by atoms with E-state index in [4.69, 9.17) is 9.47 Å². The molecule has 176 valence electrons. The Kier molecular flexibility index (Phi) is 7.13. The van der Waals surface area contributed by atoms with Gasteiger partial charge in [0.15, 0.2) is 0 Å². The first-order valence-electron chi connectivity index (χ1n) is 11.9. The van der Waals surface area contributed by atoms with E-state index < -0.39 is 0 Å². The summed E-state index contributed by atoms with van der Waals surface area (Å²) in [5.41, 5.74) is 4.45. The number of rotatable bonds is 6. The molecular formula is C27H32BrNO4. The van der Waals surface area contributed by atoms with Crippen molar-refractivity contribution in [2.75, 3.05) is 19.7 Å². The maximum Gasteiger partial charge on any atom is 0.310 e. The minimum atomic E-state index is -0.240. The molecule has 33 heavy (non-hydrogen) atoms. The molecule has 2 aromatic carbocycles. The van der Waals surface area contributed by atoms with Crippen molar-refractivity contribution in [1.29, 1.82) is 0 Å². The van der Waals surface area contributed by atoms with Crippen molar-refractivity contribution < 1.29 is 19.1 Å². The molecule has 2 aromatic rings. The fourth-order valence-corrected chi connectivity index (χ4v) is 5.74. The van der Waals surface area contributed by atoms with E-state index in [0.29, 0.717) is 13.0 Å². The molecule has 2 aliphatic rings. The van der Waals surface area contributed by atoms with Crippen LogP contribution in [0.1, 0.15) is 67.9 Å². The highest BCUT2D eigenvalue weighted by molar-refractivity contribution is 9.10. The molecule has 1 spiro atoms. The fourth-order valence-electron chi connectivity index (χ4n) is 5.37. The molecule has 0 saturated carbocycles. The maximum absolute atomic E-state index is 12.2. The van der Waals surface area contributed by atoms with Crippen LogP contribution in [0.25, 0.3) is 0 Å². The standard InChI is InChI=1S/C27H32BrNO4/c1-4-25(30)29-13-11-27(12-14-29)17-24(21-15-19(28)9-10-22(21)27)33-23-8-6-7-18(3)20(23)16-26(31)32-5-2/h6-10,15,24H,4-5,11-14,16-17H2,1-3H3. The largest absolute Gasteiger partial charge is 0.485 e. The Hall–Kier alpha value is -2.34. The lowest BCUT2D eigenvalue weighted by Gasteiger charge is -2.40. The Morgan fingerprint density at radius 1 is 1.15 bits per heavy atom. The van der Waals surface area contributed by atoms with Crippen LogP contribution < -0.4 is 4.74 Å². The number of fused-ring (bicyclic) bond motifs is 2. The Bertz CT molecular complexity index is 1040. The van der Waals surface area contributed by atoms with Crippen molar-refractivity contribution >= 4 is 27.8 Å². The van der Waals surface area contributed by atoms with Crippen molar-refractivity contribution in [3.8, 4) is 5.75 Å². The number of carbonyl (C=O) groups excluding carboxylic acids is 2. The van der Waals surface area contributed by atoms with Gasteiger partial charge in [0.05, 0.1) is 13.0 Å². The lowest BCUT2D eigenvalue weighted by atomic mass is 9.73. The number of aryl methyl sites for hydroxylation is 1. The van der Waals surface area contributed by atoms with Crippen molar-refractivity contribution in [2.45, 2.75) is 64.4 Å². The smallest absolute Gasteiger partial charge is 0.310 e. The Labute approximate surface area is 204 Å². The maximum atomic E-state index is 12.2. The first-order valence-corrected chi connectivity index (χ1v) is 12.6. The highest BCUT2D eigenvalue weighted by Crippen LogP contribution is 2.53. The average Bonchev–Trinajstić information content (AvgIpc) is 3.08. The highest BCUT2D eigenvalue weighted by atomic mass is 79.9. The van der Waals surface area contributed by atoms with Gasteiger partial charge in [0.1, 0.15) is 11.9 Å². The Morgan fingerprint density at radius 3 is 2.61 bits per heavy atom. The molecule has 6 heteroatoms. The fraction of sp³-hybridized carbons (Fsp3) is 0.481. The lowest BCUT2D eigenvalue weighted by molar-refractivity contribution is -0.142. The summed E-state index contributed by atoms with van der Waals surface area (Å²) in [5.74, 6) is 0.736. The summed E-state index contributed by atoms with van der Waals surface area (Å²) >= 11 is 3.63. The normalized spacial score (nSPS) is 18.8. The van der Waals surface area contributed by atoms with Crippen LogP contribution in [0.5, 0.6) is 5.75 Å². The summed E-state index contributed by atoms with van der Waals surface area (Å²) in [5, 5.41) is 0. The second-order valence-electron chi connectivity index (χ2n) is 9.09. The number of hydrogen-bond acceptors (Lipinski definition) is 4. The van der Waals surface area contributed by atoms with Crippen molar-refractivity contribution in [2.24, 2.45) is 0 Å². The zero-order valence-corrected chi connectivity index (χ0v) is 21.2. The molecular weight excluding hydrogens is 482 g/mol. The first-order chi connectivity index (χ1) is 15.9. The van der Waals surface area contributed by atoms with E-state index in [-0.39, 0.29) is 29.8 Å². The number of nitrogens with zero attached hydrogens (tertiary/aromatic N) is 1. The molecule has 0 aromatic heterocycles. The molecule has 0 N–H and O–H groups in total. The second kappa shape index (κ2) is 9.88. The SMILES string of the molecule is CCOC(=O)Cc1c(C)cccc1OC1CC2(CCN(C(=O)CC)CC2)c2ccc(Br)cc21. The number of esters is 1. The lowest BCUT2D eigenvalue weighted by Crippen LogP contribution is -2.44. The minimum Gasteiger partial charge on any atom is -0.485 e. The van der Waals surface area contributed by atoms with Crippen molar-refractivity contribution in [1.82, 2.24) is 4.90 Å². The summed E-state index contributed by atoms with van der Waals surface area (Å²) in [6.45, 7) is 7.68. The Morgan fingerprint density at radius 2 is 1.91 bits per heavy atom. The van der Waals surface area contributed by atoms with E-state index in [0.717, 1.165) is 53.7 Å². The summed E-state index contributed by atoms with van der Waals surface area (Å²) in [7, 11) is 0. The third-order valence-electron chi connectivity index (χ3n) is 7.15. The number of benzene rings is 2. The van der Waals surface area contributed by atoms with E-state index in [1.54, 1.807) is 0 Å². The molecule has 1 aliphatic heterocycles. The molecule has 4 rings (SSSR count). The summed E-state index contributed by atoms with van der Waals surface area (Å²) in [6.07, 6.45) is 3.41. The predicted molar refractivity (Wildman–Crippen MR) is 131 cm³/mol. The van der Waals surface area contributed by atoms with Gasteiger partial charge in [-0.25, -0.2) is 0 Å². The quantitative estimate of drug-likeness (QED) is 0.467. The van der Waals surface area contributed by atoms with E-state index in [9.17, 15) is 9.59 Å². The number of carbonyl (C=O) groups is 2. The number of halogens is 1. The van der Waals surface area contributed by atoms with Gasteiger partial charge < -0.3 is 14.4 Å². The number of ether oxygens (including phenoxy) is 2. The molecule has 1 atom stereocenters. The molecule has 1 unspecified atom stereocenters. The van der Waals surface area contributed by atoms with Crippen molar-refractivity contribution in [3.05, 3.63) is 63.1 Å². The van der Waals surface area contributed by atoms with E-state index in [2.05, 4.69) is 34.1 Å². The van der Waals surface area contributed by atoms with Gasteiger partial charge in [0.2, 0.25) is 5.91 Å². The summed E-state index contributed by atoms with van der Waals surface area (Å²) in [6, 6.07) is 12.4. The van der Waals surface area contributed by atoms with Crippen LogP contribution in [0.4, 0.5) is 0 Å². The second-order valence-corrected chi connectivity index (χ2v) is 10.0. The number of piperidine rings is 1. The van der Waals surface area contributed by atoms with E-state index in [1.165, 1.54) is 11.1 Å². The van der Waals surface area contributed by atoms with Gasteiger partial charge in [-0.1, -0.05) is 41.1 Å². The van der Waals surface area contributed by atoms with Crippen LogP contribution in [0, 0.1) is 6.92 Å². The highest BCUT2D eigenvalue weighted by Gasteiger charge is 2.47. The number of likely N-dealkylation sites (tertiary alicyclic amines) is 1. The average molecular weight is 514 g/mol. The van der Waals surface area contributed by atoms with E-state index >= 15 is 0 Å². The topological polar surface area (TPSA) is 55.8 Å². The zero-order valence-electron chi connectivity index (χ0n) is 19.7. The third-order valence-corrected chi connectivity index (χ3v) is 7.64. The number of amides is 1. The van der Waals surface area contributed by atoms with Gasteiger partial charge in [0.25, 0.3) is 0 Å². The summed E-state index contributed by atoms with van der Waals surface area (Å²) < 4.78 is 12.9. The Balaban J connectivity index is 1.62. The van der Waals surface area contributed by atoms with Crippen LogP contribution in [-0.4, -0.2) is 36.5 Å². The van der Waals surface area contributed by atoms with Crippen LogP contribution in [0.2, 0.25) is 0 Å². The van der Waals surface area contributed by atoms with Crippen LogP contribution in [0.3, 0.4) is 0 Å².